The SMILES string of the molecule is CCCCCCc1cc2c(=O)c(-c3csc(C)n3)coc2cc1OCC(=O)OCC. The molecule has 0 saturated heterocycles. The van der Waals surface area contributed by atoms with Gasteiger partial charge in [0.2, 0.25) is 5.43 Å². The molecule has 2 aromatic heterocycles. The van der Waals surface area contributed by atoms with Gasteiger partial charge in [-0.1, -0.05) is 26.2 Å². The Morgan fingerprint density at radius 3 is 2.73 bits per heavy atom. The molecule has 0 amide bonds. The van der Waals surface area contributed by atoms with Crippen LogP contribution in [0.4, 0.5) is 0 Å². The number of rotatable bonds is 10. The highest BCUT2D eigenvalue weighted by Crippen LogP contribution is 2.29. The topological polar surface area (TPSA) is 78.6 Å². The minimum atomic E-state index is -0.426. The fourth-order valence-corrected chi connectivity index (χ4v) is 3.89. The zero-order chi connectivity index (χ0) is 21.5. The Labute approximate surface area is 179 Å². The summed E-state index contributed by atoms with van der Waals surface area (Å²) in [6.07, 6.45) is 6.57. The van der Waals surface area contributed by atoms with Crippen LogP contribution in [-0.4, -0.2) is 24.2 Å². The van der Waals surface area contributed by atoms with Crippen molar-refractivity contribution in [3.05, 3.63) is 44.6 Å². The first-order valence-electron chi connectivity index (χ1n) is 10.3. The van der Waals surface area contributed by atoms with Crippen LogP contribution in [0, 0.1) is 6.92 Å². The Hall–Kier alpha value is -2.67. The van der Waals surface area contributed by atoms with Gasteiger partial charge in [0.1, 0.15) is 17.6 Å². The van der Waals surface area contributed by atoms with Gasteiger partial charge in [-0.3, -0.25) is 4.79 Å². The fourth-order valence-electron chi connectivity index (χ4n) is 3.28. The summed E-state index contributed by atoms with van der Waals surface area (Å²) in [4.78, 5) is 29.2. The Bertz CT molecular complexity index is 1070. The van der Waals surface area contributed by atoms with Crippen LogP contribution >= 0.6 is 11.3 Å². The Balaban J connectivity index is 1.97. The molecule has 0 unspecified atom stereocenters. The van der Waals surface area contributed by atoms with E-state index >= 15 is 0 Å². The second-order valence-corrected chi connectivity index (χ2v) is 8.15. The van der Waals surface area contributed by atoms with Crippen molar-refractivity contribution in [1.29, 1.82) is 0 Å². The highest BCUT2D eigenvalue weighted by molar-refractivity contribution is 7.09. The highest BCUT2D eigenvalue weighted by atomic mass is 32.1. The molecular weight excluding hydrogens is 402 g/mol. The van der Waals surface area contributed by atoms with Crippen molar-refractivity contribution in [2.24, 2.45) is 0 Å². The number of hydrogen-bond donors (Lipinski definition) is 0. The van der Waals surface area contributed by atoms with Gasteiger partial charge in [0.25, 0.3) is 0 Å². The van der Waals surface area contributed by atoms with Gasteiger partial charge < -0.3 is 13.9 Å². The third kappa shape index (κ3) is 5.27. The maximum absolute atomic E-state index is 13.1. The van der Waals surface area contributed by atoms with Crippen molar-refractivity contribution in [2.75, 3.05) is 13.2 Å². The fraction of sp³-hybridized carbons (Fsp3) is 0.435. The summed E-state index contributed by atoms with van der Waals surface area (Å²) >= 11 is 1.49. The zero-order valence-electron chi connectivity index (χ0n) is 17.7. The first kappa shape index (κ1) is 22.0. The first-order valence-corrected chi connectivity index (χ1v) is 11.2. The molecule has 6 nitrogen and oxygen atoms in total. The number of esters is 1. The minimum absolute atomic E-state index is 0.117. The van der Waals surface area contributed by atoms with Gasteiger partial charge in [-0.15, -0.1) is 11.3 Å². The number of fused-ring (bicyclic) bond motifs is 1. The molecule has 7 heteroatoms. The van der Waals surface area contributed by atoms with Crippen molar-refractivity contribution in [3.8, 4) is 17.0 Å². The summed E-state index contributed by atoms with van der Waals surface area (Å²) < 4.78 is 16.4. The predicted octanol–water partition coefficient (Wildman–Crippen LogP) is 5.29. The molecule has 0 aliphatic carbocycles. The van der Waals surface area contributed by atoms with Crippen LogP contribution in [0.5, 0.6) is 5.75 Å². The van der Waals surface area contributed by atoms with E-state index in [-0.39, 0.29) is 12.0 Å². The molecule has 30 heavy (non-hydrogen) atoms. The average molecular weight is 430 g/mol. The van der Waals surface area contributed by atoms with E-state index in [0.29, 0.717) is 34.6 Å². The summed E-state index contributed by atoms with van der Waals surface area (Å²) in [5, 5.41) is 3.24. The Morgan fingerprint density at radius 2 is 2.03 bits per heavy atom. The van der Waals surface area contributed by atoms with E-state index in [4.69, 9.17) is 13.9 Å². The van der Waals surface area contributed by atoms with Gasteiger partial charge in [-0.05, 0) is 38.3 Å². The van der Waals surface area contributed by atoms with Crippen LogP contribution in [0.2, 0.25) is 0 Å². The smallest absolute Gasteiger partial charge is 0.344 e. The van der Waals surface area contributed by atoms with Crippen molar-refractivity contribution in [1.82, 2.24) is 4.98 Å². The Morgan fingerprint density at radius 1 is 1.20 bits per heavy atom. The molecule has 160 valence electrons. The number of benzene rings is 1. The van der Waals surface area contributed by atoms with E-state index in [1.807, 2.05) is 18.4 Å². The van der Waals surface area contributed by atoms with Crippen molar-refractivity contribution < 1.29 is 18.7 Å². The Kier molecular flexibility index (Phi) is 7.63. The lowest BCUT2D eigenvalue weighted by molar-refractivity contribution is -0.145. The third-order valence-corrected chi connectivity index (χ3v) is 5.57. The molecular formula is C23H27NO5S. The molecule has 0 bridgehead atoms. The van der Waals surface area contributed by atoms with Gasteiger partial charge >= 0.3 is 5.97 Å². The number of aryl methyl sites for hydroxylation is 2. The highest BCUT2D eigenvalue weighted by Gasteiger charge is 2.16. The van der Waals surface area contributed by atoms with Crippen LogP contribution in [-0.2, 0) is 16.0 Å². The van der Waals surface area contributed by atoms with E-state index in [9.17, 15) is 9.59 Å². The number of carbonyl (C=O) groups is 1. The summed E-state index contributed by atoms with van der Waals surface area (Å²) in [7, 11) is 0. The van der Waals surface area contributed by atoms with Crippen LogP contribution in [0.25, 0.3) is 22.2 Å². The van der Waals surface area contributed by atoms with Crippen molar-refractivity contribution >= 4 is 28.3 Å². The number of hydrogen-bond acceptors (Lipinski definition) is 7. The quantitative estimate of drug-likeness (QED) is 0.322. The molecule has 1 aromatic carbocycles. The van der Waals surface area contributed by atoms with E-state index in [1.54, 1.807) is 13.0 Å². The molecule has 0 atom stereocenters. The van der Waals surface area contributed by atoms with Gasteiger partial charge in [0, 0.05) is 11.4 Å². The molecule has 0 aliphatic rings. The standard InChI is InChI=1S/C23H27NO5S/c1-4-6-7-8-9-16-10-17-21(11-20(16)29-13-22(25)27-5-2)28-12-18(23(17)26)19-14-30-15(3)24-19/h10-12,14H,4-9,13H2,1-3H3. The monoisotopic (exact) mass is 429 g/mol. The molecule has 0 saturated carbocycles. The van der Waals surface area contributed by atoms with Crippen LogP contribution < -0.4 is 10.2 Å². The summed E-state index contributed by atoms with van der Waals surface area (Å²) in [5.41, 5.74) is 2.27. The summed E-state index contributed by atoms with van der Waals surface area (Å²) in [6, 6.07) is 3.53. The number of nitrogens with zero attached hydrogens (tertiary/aromatic N) is 1. The summed E-state index contributed by atoms with van der Waals surface area (Å²) in [5.74, 6) is 0.123. The van der Waals surface area contributed by atoms with Gasteiger partial charge in [0.15, 0.2) is 6.61 Å². The average Bonchev–Trinajstić information content (AvgIpc) is 3.16. The van der Waals surface area contributed by atoms with Gasteiger partial charge in [-0.25, -0.2) is 9.78 Å². The molecule has 0 aliphatic heterocycles. The molecule has 0 spiro atoms. The predicted molar refractivity (Wildman–Crippen MR) is 118 cm³/mol. The zero-order valence-corrected chi connectivity index (χ0v) is 18.5. The largest absolute Gasteiger partial charge is 0.481 e. The molecule has 2 heterocycles. The number of unbranched alkanes of at least 4 members (excludes halogenated alkanes) is 3. The number of carbonyl (C=O) groups excluding carboxylic acids is 1. The van der Waals surface area contributed by atoms with Crippen LogP contribution in [0.3, 0.4) is 0 Å². The number of ether oxygens (including phenoxy) is 2. The van der Waals surface area contributed by atoms with Crippen LogP contribution in [0.15, 0.2) is 33.0 Å². The lowest BCUT2D eigenvalue weighted by Gasteiger charge is -2.13. The molecule has 0 radical (unpaired) electrons. The molecule has 3 aromatic rings. The lowest BCUT2D eigenvalue weighted by Crippen LogP contribution is -2.15. The van der Waals surface area contributed by atoms with E-state index in [0.717, 1.165) is 42.7 Å². The van der Waals surface area contributed by atoms with E-state index in [1.165, 1.54) is 17.6 Å². The van der Waals surface area contributed by atoms with Crippen molar-refractivity contribution in [2.45, 2.75) is 52.9 Å². The van der Waals surface area contributed by atoms with Gasteiger partial charge in [-0.2, -0.15) is 0 Å². The third-order valence-electron chi connectivity index (χ3n) is 4.80. The second kappa shape index (κ2) is 10.4. The molecule has 0 fully saturated rings. The van der Waals surface area contributed by atoms with Gasteiger partial charge in [0.05, 0.1) is 28.3 Å². The molecule has 0 N–H and O–H groups in total. The first-order chi connectivity index (χ1) is 14.5. The normalized spacial score (nSPS) is 11.0. The number of thiazole rings is 1. The van der Waals surface area contributed by atoms with Crippen LogP contribution in [0.1, 0.15) is 50.1 Å². The van der Waals surface area contributed by atoms with Crippen molar-refractivity contribution in [3.63, 3.8) is 0 Å². The minimum Gasteiger partial charge on any atom is -0.481 e. The number of aromatic nitrogens is 1. The molecule has 3 rings (SSSR count). The van der Waals surface area contributed by atoms with E-state index < -0.39 is 5.97 Å². The maximum Gasteiger partial charge on any atom is 0.344 e. The second-order valence-electron chi connectivity index (χ2n) is 7.09. The maximum atomic E-state index is 13.1. The summed E-state index contributed by atoms with van der Waals surface area (Å²) in [6.45, 7) is 5.94. The lowest BCUT2D eigenvalue weighted by atomic mass is 10.0. The van der Waals surface area contributed by atoms with E-state index in [2.05, 4.69) is 11.9 Å².